The van der Waals surface area contributed by atoms with E-state index >= 15 is 0 Å². The molecular formula is C10H13NO. The van der Waals surface area contributed by atoms with E-state index in [1.807, 2.05) is 18.2 Å². The van der Waals surface area contributed by atoms with E-state index in [-0.39, 0.29) is 6.10 Å². The second-order valence-electron chi connectivity index (χ2n) is 3.38. The van der Waals surface area contributed by atoms with Crippen LogP contribution in [-0.4, -0.2) is 11.2 Å². The van der Waals surface area contributed by atoms with Crippen LogP contribution in [0.2, 0.25) is 0 Å². The van der Waals surface area contributed by atoms with Gasteiger partial charge in [-0.2, -0.15) is 0 Å². The average Bonchev–Trinajstić information content (AvgIpc) is 2.04. The van der Waals surface area contributed by atoms with Gasteiger partial charge in [0.1, 0.15) is 0 Å². The van der Waals surface area contributed by atoms with E-state index in [0.29, 0.717) is 0 Å². The number of hydrogen-bond donors (Lipinski definition) is 2. The average molecular weight is 163 g/mol. The largest absolute Gasteiger partial charge is 0.398 e. The summed E-state index contributed by atoms with van der Waals surface area (Å²) in [5, 5.41) is 9.41. The van der Waals surface area contributed by atoms with Gasteiger partial charge in [-0.25, -0.2) is 0 Å². The number of anilines is 1. The van der Waals surface area contributed by atoms with E-state index in [4.69, 9.17) is 5.73 Å². The van der Waals surface area contributed by atoms with Crippen LogP contribution in [0.3, 0.4) is 0 Å². The zero-order valence-electron chi connectivity index (χ0n) is 6.96. The van der Waals surface area contributed by atoms with Crippen LogP contribution in [-0.2, 0) is 12.8 Å². The number of nitrogen functional groups attached to an aromatic ring is 1. The highest BCUT2D eigenvalue weighted by molar-refractivity contribution is 5.52. The number of aliphatic hydroxyl groups is 1. The first kappa shape index (κ1) is 7.62. The van der Waals surface area contributed by atoms with Crippen molar-refractivity contribution >= 4 is 5.69 Å². The predicted molar refractivity (Wildman–Crippen MR) is 48.9 cm³/mol. The second kappa shape index (κ2) is 2.79. The van der Waals surface area contributed by atoms with Gasteiger partial charge in [0.2, 0.25) is 0 Å². The summed E-state index contributed by atoms with van der Waals surface area (Å²) in [6.07, 6.45) is 2.37. The fourth-order valence-corrected chi connectivity index (χ4v) is 1.82. The maximum absolute atomic E-state index is 9.41. The Kier molecular flexibility index (Phi) is 1.77. The van der Waals surface area contributed by atoms with E-state index in [1.54, 1.807) is 0 Å². The minimum atomic E-state index is -0.167. The molecule has 1 unspecified atom stereocenters. The van der Waals surface area contributed by atoms with Crippen molar-refractivity contribution < 1.29 is 5.11 Å². The predicted octanol–water partition coefficient (Wildman–Crippen LogP) is 1.12. The maximum Gasteiger partial charge on any atom is 0.0583 e. The normalized spacial score (nSPS) is 21.9. The summed E-state index contributed by atoms with van der Waals surface area (Å²) in [5.74, 6) is 0. The zero-order chi connectivity index (χ0) is 8.55. The van der Waals surface area contributed by atoms with Crippen molar-refractivity contribution in [2.75, 3.05) is 5.73 Å². The Labute approximate surface area is 72.0 Å². The number of hydrogen-bond acceptors (Lipinski definition) is 2. The Morgan fingerprint density at radius 3 is 3.08 bits per heavy atom. The Morgan fingerprint density at radius 2 is 2.25 bits per heavy atom. The summed E-state index contributed by atoms with van der Waals surface area (Å²) in [6.45, 7) is 0. The van der Waals surface area contributed by atoms with Crippen molar-refractivity contribution in [3.05, 3.63) is 29.3 Å². The third-order valence-corrected chi connectivity index (χ3v) is 2.49. The quantitative estimate of drug-likeness (QED) is 0.563. The maximum atomic E-state index is 9.41. The van der Waals surface area contributed by atoms with Crippen LogP contribution in [0.4, 0.5) is 5.69 Å². The van der Waals surface area contributed by atoms with Gasteiger partial charge in [0.05, 0.1) is 6.10 Å². The van der Waals surface area contributed by atoms with Crippen LogP contribution in [0.25, 0.3) is 0 Å². The number of rotatable bonds is 0. The molecule has 2 nitrogen and oxygen atoms in total. The minimum Gasteiger partial charge on any atom is -0.398 e. The minimum absolute atomic E-state index is 0.167. The van der Waals surface area contributed by atoms with E-state index in [2.05, 4.69) is 0 Å². The van der Waals surface area contributed by atoms with Gasteiger partial charge >= 0.3 is 0 Å². The van der Waals surface area contributed by atoms with Gasteiger partial charge < -0.3 is 10.8 Å². The molecule has 3 N–H and O–H groups in total. The van der Waals surface area contributed by atoms with Crippen LogP contribution in [0.5, 0.6) is 0 Å². The standard InChI is InChI=1S/C10H13NO/c11-10-3-1-2-7-6-8(12)4-5-9(7)10/h1-3,8,12H,4-6,11H2. The van der Waals surface area contributed by atoms with Crippen molar-refractivity contribution in [2.24, 2.45) is 0 Å². The molecule has 0 bridgehead atoms. The lowest BCUT2D eigenvalue weighted by Gasteiger charge is -2.21. The molecule has 1 aromatic carbocycles. The summed E-state index contributed by atoms with van der Waals surface area (Å²) in [4.78, 5) is 0. The fourth-order valence-electron chi connectivity index (χ4n) is 1.82. The molecular weight excluding hydrogens is 150 g/mol. The SMILES string of the molecule is Nc1cccc2c1CCC(O)C2. The summed E-state index contributed by atoms with van der Waals surface area (Å²) in [6, 6.07) is 5.93. The highest BCUT2D eigenvalue weighted by Gasteiger charge is 2.17. The van der Waals surface area contributed by atoms with E-state index in [0.717, 1.165) is 24.9 Å². The molecule has 1 aliphatic rings. The lowest BCUT2D eigenvalue weighted by molar-refractivity contribution is 0.159. The smallest absolute Gasteiger partial charge is 0.0583 e. The van der Waals surface area contributed by atoms with Crippen molar-refractivity contribution in [3.8, 4) is 0 Å². The summed E-state index contributed by atoms with van der Waals surface area (Å²) >= 11 is 0. The van der Waals surface area contributed by atoms with Gasteiger partial charge in [-0.3, -0.25) is 0 Å². The first-order valence-electron chi connectivity index (χ1n) is 4.31. The molecule has 0 amide bonds. The molecule has 12 heavy (non-hydrogen) atoms. The molecule has 0 spiro atoms. The lowest BCUT2D eigenvalue weighted by atomic mass is 9.89. The molecule has 1 aromatic rings. The molecule has 2 rings (SSSR count). The Balaban J connectivity index is 2.42. The summed E-state index contributed by atoms with van der Waals surface area (Å²) in [5.41, 5.74) is 9.13. The molecule has 0 fully saturated rings. The molecule has 0 saturated heterocycles. The molecule has 0 aromatic heterocycles. The van der Waals surface area contributed by atoms with Crippen LogP contribution in [0, 0.1) is 0 Å². The summed E-state index contributed by atoms with van der Waals surface area (Å²) in [7, 11) is 0. The molecule has 0 saturated carbocycles. The highest BCUT2D eigenvalue weighted by atomic mass is 16.3. The topological polar surface area (TPSA) is 46.2 Å². The van der Waals surface area contributed by atoms with Crippen molar-refractivity contribution in [2.45, 2.75) is 25.4 Å². The number of nitrogens with two attached hydrogens (primary N) is 1. The Bertz CT molecular complexity index is 296. The first-order valence-corrected chi connectivity index (χ1v) is 4.31. The van der Waals surface area contributed by atoms with Crippen LogP contribution < -0.4 is 5.73 Å². The van der Waals surface area contributed by atoms with Crippen LogP contribution in [0.15, 0.2) is 18.2 Å². The lowest BCUT2D eigenvalue weighted by Crippen LogP contribution is -2.19. The van der Waals surface area contributed by atoms with E-state index < -0.39 is 0 Å². The number of aliphatic hydroxyl groups excluding tert-OH is 1. The van der Waals surface area contributed by atoms with Gasteiger partial charge in [-0.15, -0.1) is 0 Å². The van der Waals surface area contributed by atoms with Gasteiger partial charge in [-0.05, 0) is 36.5 Å². The van der Waals surface area contributed by atoms with Gasteiger partial charge in [0.25, 0.3) is 0 Å². The second-order valence-corrected chi connectivity index (χ2v) is 3.38. The number of benzene rings is 1. The van der Waals surface area contributed by atoms with Gasteiger partial charge in [0.15, 0.2) is 0 Å². The molecule has 0 heterocycles. The monoisotopic (exact) mass is 163 g/mol. The van der Waals surface area contributed by atoms with Crippen LogP contribution in [0.1, 0.15) is 17.5 Å². The molecule has 1 atom stereocenters. The molecule has 0 aliphatic heterocycles. The third kappa shape index (κ3) is 1.18. The third-order valence-electron chi connectivity index (χ3n) is 2.49. The van der Waals surface area contributed by atoms with Crippen LogP contribution >= 0.6 is 0 Å². The molecule has 1 aliphatic carbocycles. The molecule has 2 heteroatoms. The van der Waals surface area contributed by atoms with Gasteiger partial charge in [0, 0.05) is 5.69 Å². The van der Waals surface area contributed by atoms with Crippen molar-refractivity contribution in [1.82, 2.24) is 0 Å². The molecule has 0 radical (unpaired) electrons. The van der Waals surface area contributed by atoms with Gasteiger partial charge in [-0.1, -0.05) is 12.1 Å². The fraction of sp³-hybridized carbons (Fsp3) is 0.400. The van der Waals surface area contributed by atoms with Crippen molar-refractivity contribution in [3.63, 3.8) is 0 Å². The first-order chi connectivity index (χ1) is 5.77. The zero-order valence-corrected chi connectivity index (χ0v) is 6.96. The van der Waals surface area contributed by atoms with E-state index in [1.165, 1.54) is 11.1 Å². The Morgan fingerprint density at radius 1 is 1.42 bits per heavy atom. The van der Waals surface area contributed by atoms with E-state index in [9.17, 15) is 5.11 Å². The highest BCUT2D eigenvalue weighted by Crippen LogP contribution is 2.25. The Hall–Kier alpha value is -1.02. The number of fused-ring (bicyclic) bond motifs is 1. The van der Waals surface area contributed by atoms with Crippen molar-refractivity contribution in [1.29, 1.82) is 0 Å². The molecule has 64 valence electrons. The summed E-state index contributed by atoms with van der Waals surface area (Å²) < 4.78 is 0.